The van der Waals surface area contributed by atoms with E-state index >= 15 is 0 Å². The zero-order chi connectivity index (χ0) is 13.4. The summed E-state index contributed by atoms with van der Waals surface area (Å²) in [6.07, 6.45) is 1.75. The average Bonchev–Trinajstić information content (AvgIpc) is 2.80. The minimum Gasteiger partial charge on any atom is -0.396 e. The number of fused-ring (bicyclic) bond motifs is 1. The zero-order valence-corrected chi connectivity index (χ0v) is 10.1. The fourth-order valence-electron chi connectivity index (χ4n) is 2.23. The van der Waals surface area contributed by atoms with Gasteiger partial charge in [-0.25, -0.2) is 8.78 Å². The van der Waals surface area contributed by atoms with Crippen LogP contribution in [0.5, 0.6) is 0 Å². The Balaban J connectivity index is 2.07. The van der Waals surface area contributed by atoms with Gasteiger partial charge < -0.3 is 10.3 Å². The third kappa shape index (κ3) is 1.95. The van der Waals surface area contributed by atoms with E-state index in [0.717, 1.165) is 5.52 Å². The molecule has 1 heterocycles. The highest BCUT2D eigenvalue weighted by atomic mass is 19.1. The molecule has 0 unspecified atom stereocenters. The molecular formula is C15H12F2N2. The molecule has 2 nitrogen and oxygen atoms in total. The average molecular weight is 258 g/mol. The maximum Gasteiger partial charge on any atom is 0.151 e. The van der Waals surface area contributed by atoms with Crippen molar-refractivity contribution in [2.75, 3.05) is 5.73 Å². The topological polar surface area (TPSA) is 30.9 Å². The van der Waals surface area contributed by atoms with Crippen molar-refractivity contribution in [1.82, 2.24) is 4.57 Å². The Labute approximate surface area is 109 Å². The molecule has 0 aliphatic heterocycles. The Bertz CT molecular complexity index is 747. The summed E-state index contributed by atoms with van der Waals surface area (Å²) in [6, 6.07) is 11.5. The lowest BCUT2D eigenvalue weighted by molar-refractivity contribution is 0.606. The summed E-state index contributed by atoms with van der Waals surface area (Å²) in [6.45, 7) is 0.323. The van der Waals surface area contributed by atoms with Crippen molar-refractivity contribution in [2.45, 2.75) is 6.54 Å². The van der Waals surface area contributed by atoms with Gasteiger partial charge in [0.1, 0.15) is 5.82 Å². The molecule has 0 aliphatic rings. The SMILES string of the molecule is Nc1cccc(Cn2ccc3c(F)cccc32)c1F. The lowest BCUT2D eigenvalue weighted by Crippen LogP contribution is -2.02. The standard InChI is InChI=1S/C15H12F2N2/c16-12-4-2-6-14-11(12)7-8-19(14)9-10-3-1-5-13(18)15(10)17/h1-8H,9,18H2. The van der Waals surface area contributed by atoms with Crippen molar-refractivity contribution in [3.63, 3.8) is 0 Å². The quantitative estimate of drug-likeness (QED) is 0.700. The Morgan fingerprint density at radius 1 is 1.00 bits per heavy atom. The van der Waals surface area contributed by atoms with E-state index < -0.39 is 5.82 Å². The van der Waals surface area contributed by atoms with Gasteiger partial charge in [-0.05, 0) is 24.3 Å². The number of rotatable bonds is 2. The highest BCUT2D eigenvalue weighted by molar-refractivity contribution is 5.80. The first-order valence-electron chi connectivity index (χ1n) is 5.93. The molecule has 0 saturated heterocycles. The van der Waals surface area contributed by atoms with Crippen LogP contribution < -0.4 is 5.73 Å². The first kappa shape index (κ1) is 11.7. The van der Waals surface area contributed by atoms with Crippen LogP contribution in [0.25, 0.3) is 10.9 Å². The number of anilines is 1. The fraction of sp³-hybridized carbons (Fsp3) is 0.0667. The van der Waals surface area contributed by atoms with Crippen LogP contribution in [-0.4, -0.2) is 4.57 Å². The van der Waals surface area contributed by atoms with E-state index in [1.807, 2.05) is 6.07 Å². The normalized spacial score (nSPS) is 11.1. The summed E-state index contributed by atoms with van der Waals surface area (Å²) < 4.78 is 29.2. The number of hydrogen-bond acceptors (Lipinski definition) is 1. The maximum absolute atomic E-state index is 13.9. The first-order valence-corrected chi connectivity index (χ1v) is 5.93. The molecule has 0 aliphatic carbocycles. The lowest BCUT2D eigenvalue weighted by atomic mass is 10.2. The van der Waals surface area contributed by atoms with Gasteiger partial charge in [-0.15, -0.1) is 0 Å². The summed E-state index contributed by atoms with van der Waals surface area (Å²) in [4.78, 5) is 0. The second-order valence-corrected chi connectivity index (χ2v) is 4.44. The number of aromatic nitrogens is 1. The van der Waals surface area contributed by atoms with Gasteiger partial charge in [0.15, 0.2) is 5.82 Å². The molecule has 2 N–H and O–H groups in total. The Kier molecular flexibility index (Phi) is 2.71. The number of hydrogen-bond donors (Lipinski definition) is 1. The Morgan fingerprint density at radius 3 is 2.63 bits per heavy atom. The van der Waals surface area contributed by atoms with E-state index in [-0.39, 0.29) is 11.5 Å². The monoisotopic (exact) mass is 258 g/mol. The van der Waals surface area contributed by atoms with Crippen LogP contribution in [0, 0.1) is 11.6 Å². The number of halogens is 2. The van der Waals surface area contributed by atoms with E-state index in [1.165, 1.54) is 12.1 Å². The number of nitrogens with two attached hydrogens (primary N) is 1. The largest absolute Gasteiger partial charge is 0.396 e. The molecule has 0 bridgehead atoms. The maximum atomic E-state index is 13.9. The van der Waals surface area contributed by atoms with Gasteiger partial charge in [0.05, 0.1) is 17.7 Å². The van der Waals surface area contributed by atoms with Crippen LogP contribution in [0.4, 0.5) is 14.5 Å². The third-order valence-corrected chi connectivity index (χ3v) is 3.21. The molecule has 3 rings (SSSR count). The molecule has 4 heteroatoms. The summed E-state index contributed by atoms with van der Waals surface area (Å²) in [5.74, 6) is -0.690. The van der Waals surface area contributed by atoms with Gasteiger partial charge in [-0.1, -0.05) is 18.2 Å². The first-order chi connectivity index (χ1) is 9.16. The Hall–Kier alpha value is -2.36. The highest BCUT2D eigenvalue weighted by Gasteiger charge is 2.09. The predicted molar refractivity (Wildman–Crippen MR) is 71.8 cm³/mol. The fourth-order valence-corrected chi connectivity index (χ4v) is 2.23. The van der Waals surface area contributed by atoms with E-state index in [4.69, 9.17) is 5.73 Å². The summed E-state index contributed by atoms with van der Waals surface area (Å²) in [7, 11) is 0. The molecular weight excluding hydrogens is 246 g/mol. The van der Waals surface area contributed by atoms with Gasteiger partial charge in [0.2, 0.25) is 0 Å². The van der Waals surface area contributed by atoms with Crippen LogP contribution in [0.3, 0.4) is 0 Å². The summed E-state index contributed by atoms with van der Waals surface area (Å²) in [5, 5.41) is 0.534. The lowest BCUT2D eigenvalue weighted by Gasteiger charge is -2.08. The van der Waals surface area contributed by atoms with Crippen molar-refractivity contribution in [1.29, 1.82) is 0 Å². The summed E-state index contributed by atoms with van der Waals surface area (Å²) in [5.41, 5.74) is 6.89. The van der Waals surface area contributed by atoms with Gasteiger partial charge in [0, 0.05) is 17.1 Å². The molecule has 0 saturated carbocycles. The molecule has 3 aromatic rings. The van der Waals surface area contributed by atoms with Gasteiger partial charge >= 0.3 is 0 Å². The zero-order valence-electron chi connectivity index (χ0n) is 10.1. The molecule has 19 heavy (non-hydrogen) atoms. The van der Waals surface area contributed by atoms with Crippen molar-refractivity contribution in [2.24, 2.45) is 0 Å². The molecule has 0 amide bonds. The van der Waals surface area contributed by atoms with E-state index in [9.17, 15) is 8.78 Å². The second-order valence-electron chi connectivity index (χ2n) is 4.44. The minimum absolute atomic E-state index is 0.125. The highest BCUT2D eigenvalue weighted by Crippen LogP contribution is 2.22. The van der Waals surface area contributed by atoms with Crippen molar-refractivity contribution < 1.29 is 8.78 Å². The van der Waals surface area contributed by atoms with Gasteiger partial charge in [-0.3, -0.25) is 0 Å². The number of nitrogen functional groups attached to an aromatic ring is 1. The molecule has 96 valence electrons. The van der Waals surface area contributed by atoms with Crippen molar-refractivity contribution in [3.8, 4) is 0 Å². The second kappa shape index (κ2) is 4.39. The summed E-state index contributed by atoms with van der Waals surface area (Å²) >= 11 is 0. The van der Waals surface area contributed by atoms with Crippen molar-refractivity contribution in [3.05, 3.63) is 65.9 Å². The predicted octanol–water partition coefficient (Wildman–Crippen LogP) is 3.55. The number of nitrogens with zero attached hydrogens (tertiary/aromatic N) is 1. The minimum atomic E-state index is -0.416. The van der Waals surface area contributed by atoms with Gasteiger partial charge in [-0.2, -0.15) is 0 Å². The molecule has 0 spiro atoms. The number of benzene rings is 2. The molecule has 1 aromatic heterocycles. The molecule has 2 aromatic carbocycles. The molecule has 0 fully saturated rings. The van der Waals surface area contributed by atoms with Crippen LogP contribution in [-0.2, 0) is 6.54 Å². The van der Waals surface area contributed by atoms with Crippen molar-refractivity contribution >= 4 is 16.6 Å². The van der Waals surface area contributed by atoms with E-state index in [1.54, 1.807) is 35.0 Å². The van der Waals surface area contributed by atoms with Gasteiger partial charge in [0.25, 0.3) is 0 Å². The van der Waals surface area contributed by atoms with E-state index in [0.29, 0.717) is 17.5 Å². The van der Waals surface area contributed by atoms with Crippen LogP contribution in [0.15, 0.2) is 48.7 Å². The van der Waals surface area contributed by atoms with E-state index in [2.05, 4.69) is 0 Å². The molecule has 0 atom stereocenters. The smallest absolute Gasteiger partial charge is 0.151 e. The van der Waals surface area contributed by atoms with Crippen LogP contribution >= 0.6 is 0 Å². The van der Waals surface area contributed by atoms with Crippen LogP contribution in [0.2, 0.25) is 0 Å². The Morgan fingerprint density at radius 2 is 1.79 bits per heavy atom. The molecule has 0 radical (unpaired) electrons. The van der Waals surface area contributed by atoms with Crippen LogP contribution in [0.1, 0.15) is 5.56 Å². The third-order valence-electron chi connectivity index (χ3n) is 3.21.